The standard InChI is InChI=1S/C31H38N4O7S/c1-18-24-27(36)35(31(2,3)29(37)38)30(39)34(28(24)43-25(18)26-32-12-15-41-26)17-23(21-9-5-6-10-22(21)40-4)42-20-11-14-33-13-7-8-19(33)16-20/h5-6,9-10,12,15,19-20,23,30,39H,7-8,11,13-14,16-17H2,1-4H3,(H,37,38). The predicted octanol–water partition coefficient (Wildman–Crippen LogP) is 4.51. The number of methoxy groups -OCH3 is 1. The van der Waals surface area contributed by atoms with E-state index in [4.69, 9.17) is 13.9 Å². The number of amides is 1. The number of aliphatic carboxylic acids is 1. The number of oxazole rings is 1. The van der Waals surface area contributed by atoms with Crippen molar-refractivity contribution in [1.29, 1.82) is 0 Å². The first-order valence-electron chi connectivity index (χ1n) is 14.7. The van der Waals surface area contributed by atoms with E-state index in [9.17, 15) is 19.8 Å². The van der Waals surface area contributed by atoms with Crippen molar-refractivity contribution >= 4 is 28.2 Å². The maximum absolute atomic E-state index is 14.0. The molecule has 0 saturated carbocycles. The van der Waals surface area contributed by atoms with Gasteiger partial charge in [-0.1, -0.05) is 18.2 Å². The lowest BCUT2D eigenvalue weighted by Gasteiger charge is -2.47. The first kappa shape index (κ1) is 29.6. The molecule has 4 atom stereocenters. The Kier molecular flexibility index (Phi) is 7.97. The van der Waals surface area contributed by atoms with Crippen molar-refractivity contribution in [3.05, 3.63) is 53.4 Å². The lowest BCUT2D eigenvalue weighted by atomic mass is 9.97. The highest BCUT2D eigenvalue weighted by molar-refractivity contribution is 7.20. The number of benzene rings is 1. The Morgan fingerprint density at radius 2 is 2.05 bits per heavy atom. The second kappa shape index (κ2) is 11.6. The number of fused-ring (bicyclic) bond motifs is 2. The van der Waals surface area contributed by atoms with Crippen LogP contribution in [-0.2, 0) is 9.53 Å². The van der Waals surface area contributed by atoms with Crippen molar-refractivity contribution in [2.45, 2.75) is 76.6 Å². The third kappa shape index (κ3) is 5.20. The Morgan fingerprint density at radius 1 is 1.26 bits per heavy atom. The normalized spacial score (nSPS) is 23.3. The zero-order valence-electron chi connectivity index (χ0n) is 24.9. The SMILES string of the molecule is COc1ccccc1C(CN1c2sc(-c3ncco3)c(C)c2C(=O)N(C(C)(C)C(=O)O)C1O)OC1CCN2CCCC2C1. The second-order valence-corrected chi connectivity index (χ2v) is 13.0. The molecule has 6 rings (SSSR count). The molecule has 0 bridgehead atoms. The zero-order chi connectivity index (χ0) is 30.5. The summed E-state index contributed by atoms with van der Waals surface area (Å²) in [6.07, 6.45) is 5.03. The molecule has 12 heteroatoms. The summed E-state index contributed by atoms with van der Waals surface area (Å²) < 4.78 is 18.2. The van der Waals surface area contributed by atoms with Crippen molar-refractivity contribution in [3.8, 4) is 16.5 Å². The van der Waals surface area contributed by atoms with Crippen molar-refractivity contribution in [2.75, 3.05) is 31.6 Å². The number of ether oxygens (including phenoxy) is 2. The number of carboxylic acid groups (broad SMARTS) is 1. The van der Waals surface area contributed by atoms with E-state index in [0.717, 1.165) is 42.8 Å². The molecule has 2 N–H and O–H groups in total. The summed E-state index contributed by atoms with van der Waals surface area (Å²) in [6, 6.07) is 8.14. The fourth-order valence-electron chi connectivity index (χ4n) is 6.65. The van der Waals surface area contributed by atoms with Crippen LogP contribution < -0.4 is 9.64 Å². The Hall–Kier alpha value is -3.45. The van der Waals surface area contributed by atoms with Gasteiger partial charge in [-0.15, -0.1) is 11.3 Å². The number of carbonyl (C=O) groups is 2. The van der Waals surface area contributed by atoms with Gasteiger partial charge in [-0.2, -0.15) is 0 Å². The van der Waals surface area contributed by atoms with E-state index in [2.05, 4.69) is 9.88 Å². The smallest absolute Gasteiger partial charge is 0.329 e. The van der Waals surface area contributed by atoms with Crippen LogP contribution in [0.5, 0.6) is 5.75 Å². The number of rotatable bonds is 9. The molecule has 1 amide bonds. The van der Waals surface area contributed by atoms with Gasteiger partial charge in [-0.25, -0.2) is 9.78 Å². The molecule has 0 radical (unpaired) electrons. The van der Waals surface area contributed by atoms with Gasteiger partial charge in [0.25, 0.3) is 5.91 Å². The number of aliphatic hydroxyl groups excluding tert-OH is 1. The monoisotopic (exact) mass is 610 g/mol. The van der Waals surface area contributed by atoms with Gasteiger partial charge < -0.3 is 33.9 Å². The minimum atomic E-state index is -1.71. The van der Waals surface area contributed by atoms with E-state index in [-0.39, 0.29) is 12.6 Å². The Bertz CT molecular complexity index is 1490. The number of para-hydroxylation sites is 1. The molecule has 4 unspecified atom stereocenters. The Balaban J connectivity index is 1.43. The lowest BCUT2D eigenvalue weighted by molar-refractivity contribution is -0.154. The Labute approximate surface area is 254 Å². The Morgan fingerprint density at radius 3 is 2.77 bits per heavy atom. The van der Waals surface area contributed by atoms with Crippen molar-refractivity contribution in [1.82, 2.24) is 14.8 Å². The van der Waals surface area contributed by atoms with E-state index < -0.39 is 29.9 Å². The van der Waals surface area contributed by atoms with Crippen LogP contribution >= 0.6 is 11.3 Å². The largest absolute Gasteiger partial charge is 0.496 e. The highest BCUT2D eigenvalue weighted by Gasteiger charge is 2.50. The van der Waals surface area contributed by atoms with E-state index >= 15 is 0 Å². The number of nitrogens with zero attached hydrogens (tertiary/aromatic N) is 4. The number of aromatic nitrogens is 1. The number of anilines is 1. The molecule has 2 aromatic heterocycles. The van der Waals surface area contributed by atoms with Gasteiger partial charge in [0.1, 0.15) is 28.7 Å². The first-order valence-corrected chi connectivity index (χ1v) is 15.5. The number of piperidine rings is 1. The van der Waals surface area contributed by atoms with Gasteiger partial charge in [0.15, 0.2) is 0 Å². The molecule has 1 aromatic carbocycles. The molecular weight excluding hydrogens is 572 g/mol. The van der Waals surface area contributed by atoms with E-state index in [0.29, 0.717) is 38.7 Å². The van der Waals surface area contributed by atoms with Crippen LogP contribution in [0, 0.1) is 6.92 Å². The molecule has 2 saturated heterocycles. The fraction of sp³-hybridized carbons (Fsp3) is 0.516. The third-order valence-corrected chi connectivity index (χ3v) is 10.4. The number of carbonyl (C=O) groups excluding carboxylic acids is 1. The molecule has 230 valence electrons. The molecule has 2 fully saturated rings. The average molecular weight is 611 g/mol. The molecule has 3 aromatic rings. The summed E-state index contributed by atoms with van der Waals surface area (Å²) in [5.74, 6) is -0.797. The predicted molar refractivity (Wildman–Crippen MR) is 160 cm³/mol. The number of thiophene rings is 1. The lowest BCUT2D eigenvalue weighted by Crippen LogP contribution is -2.65. The topological polar surface area (TPSA) is 129 Å². The summed E-state index contributed by atoms with van der Waals surface area (Å²) in [5, 5.41) is 22.5. The summed E-state index contributed by atoms with van der Waals surface area (Å²) in [6.45, 7) is 6.87. The van der Waals surface area contributed by atoms with Crippen molar-refractivity contribution in [3.63, 3.8) is 0 Å². The number of hydrogen-bond acceptors (Lipinski definition) is 10. The van der Waals surface area contributed by atoms with Crippen LogP contribution in [0.4, 0.5) is 5.00 Å². The second-order valence-electron chi connectivity index (χ2n) is 12.0. The quantitative estimate of drug-likeness (QED) is 0.357. The average Bonchev–Trinajstić information content (AvgIpc) is 3.74. The maximum atomic E-state index is 14.0. The van der Waals surface area contributed by atoms with Crippen LogP contribution in [0.2, 0.25) is 0 Å². The first-order chi connectivity index (χ1) is 20.6. The molecule has 5 heterocycles. The van der Waals surface area contributed by atoms with Crippen molar-refractivity contribution < 1.29 is 33.7 Å². The van der Waals surface area contributed by atoms with Crippen LogP contribution in [0.3, 0.4) is 0 Å². The van der Waals surface area contributed by atoms with E-state index in [1.165, 1.54) is 44.1 Å². The minimum absolute atomic E-state index is 0.00295. The molecule has 0 spiro atoms. The van der Waals surface area contributed by atoms with Gasteiger partial charge >= 0.3 is 5.97 Å². The number of carboxylic acids is 1. The molecule has 3 aliphatic heterocycles. The summed E-state index contributed by atoms with van der Waals surface area (Å²) in [7, 11) is 1.61. The van der Waals surface area contributed by atoms with Crippen LogP contribution in [0.1, 0.15) is 67.1 Å². The molecule has 0 aliphatic carbocycles. The number of hydrogen-bond donors (Lipinski definition) is 2. The van der Waals surface area contributed by atoms with Crippen molar-refractivity contribution in [2.24, 2.45) is 0 Å². The van der Waals surface area contributed by atoms with Gasteiger partial charge in [0, 0.05) is 18.2 Å². The van der Waals surface area contributed by atoms with Gasteiger partial charge in [0.2, 0.25) is 12.2 Å². The van der Waals surface area contributed by atoms with Gasteiger partial charge in [0.05, 0.1) is 36.4 Å². The number of aliphatic hydroxyl groups is 1. The molecular formula is C31H38N4O7S. The minimum Gasteiger partial charge on any atom is -0.496 e. The maximum Gasteiger partial charge on any atom is 0.329 e. The molecule has 3 aliphatic rings. The highest BCUT2D eigenvalue weighted by Crippen LogP contribution is 2.47. The summed E-state index contributed by atoms with van der Waals surface area (Å²) in [4.78, 5) is 36.6. The summed E-state index contributed by atoms with van der Waals surface area (Å²) in [5.41, 5.74) is 0.0320. The van der Waals surface area contributed by atoms with E-state index in [1.54, 1.807) is 18.9 Å². The molecule has 43 heavy (non-hydrogen) atoms. The van der Waals surface area contributed by atoms with Crippen LogP contribution in [0.25, 0.3) is 10.8 Å². The van der Waals surface area contributed by atoms with Crippen LogP contribution in [-0.4, -0.2) is 87.7 Å². The third-order valence-electron chi connectivity index (χ3n) is 9.06. The fourth-order valence-corrected chi connectivity index (χ4v) is 7.92. The molecule has 11 nitrogen and oxygen atoms in total. The van der Waals surface area contributed by atoms with Gasteiger partial charge in [-0.05, 0) is 64.6 Å². The van der Waals surface area contributed by atoms with Gasteiger partial charge in [-0.3, -0.25) is 9.69 Å². The summed E-state index contributed by atoms with van der Waals surface area (Å²) >= 11 is 1.28. The zero-order valence-corrected chi connectivity index (χ0v) is 25.7. The van der Waals surface area contributed by atoms with E-state index in [1.807, 2.05) is 24.3 Å². The van der Waals surface area contributed by atoms with Crippen LogP contribution in [0.15, 0.2) is 41.1 Å². The highest BCUT2D eigenvalue weighted by atomic mass is 32.1.